The standard InChI is InChI=1S/C20H23N3O3/c1-2-26-19(24)14-22-12-5-13-23(18-7-4-3-6-17(18)22)20(25)15-8-10-16(21)11-9-15/h3-4,6-11H,2,5,12-14,21H2,1H3. The maximum Gasteiger partial charge on any atom is 0.325 e. The molecule has 26 heavy (non-hydrogen) atoms. The van der Waals surface area contributed by atoms with Gasteiger partial charge < -0.3 is 20.3 Å². The SMILES string of the molecule is CCOC(=O)CN1CCCN(C(=O)c2ccc(N)cc2)c2ccccc21. The summed E-state index contributed by atoms with van der Waals surface area (Å²) in [6, 6.07) is 14.6. The van der Waals surface area contributed by atoms with Crippen LogP contribution in [0.1, 0.15) is 23.7 Å². The molecule has 0 radical (unpaired) electrons. The molecule has 1 aliphatic heterocycles. The van der Waals surface area contributed by atoms with E-state index in [0.717, 1.165) is 17.8 Å². The molecule has 1 amide bonds. The van der Waals surface area contributed by atoms with Crippen molar-refractivity contribution in [2.75, 3.05) is 41.8 Å². The van der Waals surface area contributed by atoms with Crippen LogP contribution >= 0.6 is 0 Å². The van der Waals surface area contributed by atoms with Gasteiger partial charge in [0.25, 0.3) is 5.91 Å². The molecule has 0 aromatic heterocycles. The topological polar surface area (TPSA) is 75.9 Å². The number of para-hydroxylation sites is 2. The number of hydrogen-bond acceptors (Lipinski definition) is 5. The van der Waals surface area contributed by atoms with Crippen molar-refractivity contribution in [3.8, 4) is 0 Å². The van der Waals surface area contributed by atoms with Crippen LogP contribution in [0.2, 0.25) is 0 Å². The van der Waals surface area contributed by atoms with E-state index < -0.39 is 0 Å². The number of nitrogen functional groups attached to an aromatic ring is 1. The third kappa shape index (κ3) is 3.79. The molecule has 0 fully saturated rings. The third-order valence-corrected chi connectivity index (χ3v) is 4.35. The first-order valence-corrected chi connectivity index (χ1v) is 8.77. The van der Waals surface area contributed by atoms with Gasteiger partial charge in [0.1, 0.15) is 6.54 Å². The number of carbonyl (C=O) groups excluding carboxylic acids is 2. The van der Waals surface area contributed by atoms with E-state index in [1.807, 2.05) is 29.2 Å². The monoisotopic (exact) mass is 353 g/mol. The van der Waals surface area contributed by atoms with Gasteiger partial charge in [-0.1, -0.05) is 12.1 Å². The Morgan fingerprint density at radius 3 is 2.42 bits per heavy atom. The average molecular weight is 353 g/mol. The molecular weight excluding hydrogens is 330 g/mol. The highest BCUT2D eigenvalue weighted by molar-refractivity contribution is 6.08. The van der Waals surface area contributed by atoms with Gasteiger partial charge in [-0.2, -0.15) is 0 Å². The molecule has 0 aliphatic carbocycles. The van der Waals surface area contributed by atoms with Crippen molar-refractivity contribution in [3.63, 3.8) is 0 Å². The Bertz CT molecular complexity index is 789. The van der Waals surface area contributed by atoms with Crippen LogP contribution in [0.15, 0.2) is 48.5 Å². The lowest BCUT2D eigenvalue weighted by Crippen LogP contribution is -2.31. The van der Waals surface area contributed by atoms with Crippen LogP contribution in [0.5, 0.6) is 0 Å². The number of nitrogens with zero attached hydrogens (tertiary/aromatic N) is 2. The van der Waals surface area contributed by atoms with Crippen LogP contribution in [0.4, 0.5) is 17.1 Å². The molecule has 0 saturated heterocycles. The number of ether oxygens (including phenoxy) is 1. The summed E-state index contributed by atoms with van der Waals surface area (Å²) in [6.45, 7) is 3.59. The quantitative estimate of drug-likeness (QED) is 0.676. The normalized spacial score (nSPS) is 13.7. The minimum atomic E-state index is -0.263. The largest absolute Gasteiger partial charge is 0.465 e. The molecule has 2 N–H and O–H groups in total. The molecule has 6 heteroatoms. The highest BCUT2D eigenvalue weighted by Gasteiger charge is 2.26. The first-order valence-electron chi connectivity index (χ1n) is 8.77. The number of hydrogen-bond donors (Lipinski definition) is 1. The van der Waals surface area contributed by atoms with Gasteiger partial charge in [-0.25, -0.2) is 0 Å². The van der Waals surface area contributed by atoms with Gasteiger partial charge in [-0.3, -0.25) is 9.59 Å². The van der Waals surface area contributed by atoms with E-state index in [1.54, 1.807) is 36.1 Å². The Hall–Kier alpha value is -3.02. The second-order valence-corrected chi connectivity index (χ2v) is 6.15. The predicted octanol–water partition coefficient (Wildman–Crippen LogP) is 2.69. The highest BCUT2D eigenvalue weighted by Crippen LogP contribution is 2.33. The van der Waals surface area contributed by atoms with Gasteiger partial charge in [0.05, 0.1) is 18.0 Å². The van der Waals surface area contributed by atoms with E-state index >= 15 is 0 Å². The second kappa shape index (κ2) is 7.91. The summed E-state index contributed by atoms with van der Waals surface area (Å²) in [7, 11) is 0. The molecule has 0 saturated carbocycles. The van der Waals surface area contributed by atoms with Crippen molar-refractivity contribution >= 4 is 28.9 Å². The highest BCUT2D eigenvalue weighted by atomic mass is 16.5. The molecule has 0 atom stereocenters. The fourth-order valence-electron chi connectivity index (χ4n) is 3.14. The molecule has 136 valence electrons. The van der Waals surface area contributed by atoms with E-state index in [2.05, 4.69) is 0 Å². The Morgan fingerprint density at radius 2 is 1.73 bits per heavy atom. The number of benzene rings is 2. The fraction of sp³-hybridized carbons (Fsp3) is 0.300. The van der Waals surface area contributed by atoms with Crippen molar-refractivity contribution in [2.24, 2.45) is 0 Å². The predicted molar refractivity (Wildman–Crippen MR) is 102 cm³/mol. The summed E-state index contributed by atoms with van der Waals surface area (Å²) >= 11 is 0. The average Bonchev–Trinajstić information content (AvgIpc) is 2.82. The first-order chi connectivity index (χ1) is 12.6. The molecule has 2 aromatic rings. The van der Waals surface area contributed by atoms with E-state index in [9.17, 15) is 9.59 Å². The van der Waals surface area contributed by atoms with Crippen LogP contribution in [0.3, 0.4) is 0 Å². The molecule has 1 aliphatic rings. The maximum atomic E-state index is 13.0. The number of carbonyl (C=O) groups is 2. The van der Waals surface area contributed by atoms with E-state index in [-0.39, 0.29) is 18.4 Å². The van der Waals surface area contributed by atoms with Crippen molar-refractivity contribution < 1.29 is 14.3 Å². The smallest absolute Gasteiger partial charge is 0.325 e. The molecule has 3 rings (SSSR count). The molecule has 6 nitrogen and oxygen atoms in total. The number of fused-ring (bicyclic) bond motifs is 1. The van der Waals surface area contributed by atoms with Crippen LogP contribution in [-0.4, -0.2) is 38.1 Å². The molecule has 0 bridgehead atoms. The van der Waals surface area contributed by atoms with Gasteiger partial charge in [0.15, 0.2) is 0 Å². The van der Waals surface area contributed by atoms with Gasteiger partial charge in [-0.15, -0.1) is 0 Å². The number of rotatable bonds is 4. The minimum Gasteiger partial charge on any atom is -0.465 e. The summed E-state index contributed by atoms with van der Waals surface area (Å²) < 4.78 is 5.08. The van der Waals surface area contributed by atoms with Crippen molar-refractivity contribution in [2.45, 2.75) is 13.3 Å². The maximum absolute atomic E-state index is 13.0. The Labute approximate surface area is 153 Å². The number of nitrogens with two attached hydrogens (primary N) is 1. The minimum absolute atomic E-state index is 0.0737. The molecular formula is C20H23N3O3. The summed E-state index contributed by atoms with van der Waals surface area (Å²) in [5.74, 6) is -0.337. The number of anilines is 3. The van der Waals surface area contributed by atoms with Crippen LogP contribution in [0.25, 0.3) is 0 Å². The summed E-state index contributed by atoms with van der Waals surface area (Å²) in [5, 5.41) is 0. The lowest BCUT2D eigenvalue weighted by Gasteiger charge is -2.26. The third-order valence-electron chi connectivity index (χ3n) is 4.35. The van der Waals surface area contributed by atoms with E-state index in [0.29, 0.717) is 30.9 Å². The first kappa shape index (κ1) is 17.8. The van der Waals surface area contributed by atoms with E-state index in [4.69, 9.17) is 10.5 Å². The zero-order valence-corrected chi connectivity index (χ0v) is 14.9. The van der Waals surface area contributed by atoms with Crippen LogP contribution in [-0.2, 0) is 9.53 Å². The summed E-state index contributed by atoms with van der Waals surface area (Å²) in [4.78, 5) is 28.7. The van der Waals surface area contributed by atoms with Crippen molar-refractivity contribution in [1.82, 2.24) is 0 Å². The summed E-state index contributed by atoms with van der Waals surface area (Å²) in [6.07, 6.45) is 0.759. The number of esters is 1. The fourth-order valence-corrected chi connectivity index (χ4v) is 3.14. The molecule has 2 aromatic carbocycles. The molecule has 0 spiro atoms. The summed E-state index contributed by atoms with van der Waals surface area (Å²) in [5.41, 5.74) is 8.60. The zero-order valence-electron chi connectivity index (χ0n) is 14.9. The van der Waals surface area contributed by atoms with Crippen molar-refractivity contribution in [1.29, 1.82) is 0 Å². The lowest BCUT2D eigenvalue weighted by molar-refractivity contribution is -0.141. The van der Waals surface area contributed by atoms with Gasteiger partial charge in [-0.05, 0) is 49.7 Å². The van der Waals surface area contributed by atoms with Gasteiger partial charge in [0.2, 0.25) is 0 Å². The Kier molecular flexibility index (Phi) is 5.41. The zero-order chi connectivity index (χ0) is 18.5. The van der Waals surface area contributed by atoms with Gasteiger partial charge >= 0.3 is 5.97 Å². The Morgan fingerprint density at radius 1 is 1.04 bits per heavy atom. The lowest BCUT2D eigenvalue weighted by atomic mass is 10.1. The number of amides is 1. The van der Waals surface area contributed by atoms with Crippen LogP contribution < -0.4 is 15.5 Å². The molecule has 1 heterocycles. The Balaban J connectivity index is 1.91. The van der Waals surface area contributed by atoms with Crippen molar-refractivity contribution in [3.05, 3.63) is 54.1 Å². The second-order valence-electron chi connectivity index (χ2n) is 6.15. The van der Waals surface area contributed by atoms with E-state index in [1.165, 1.54) is 0 Å². The van der Waals surface area contributed by atoms with Crippen LogP contribution in [0, 0.1) is 0 Å². The molecule has 0 unspecified atom stereocenters. The van der Waals surface area contributed by atoms with Gasteiger partial charge in [0, 0.05) is 24.3 Å².